The fraction of sp³-hybridized carbons (Fsp3) is 0.600. The Labute approximate surface area is 114 Å². The van der Waals surface area contributed by atoms with Crippen molar-refractivity contribution in [3.05, 3.63) is 23.8 Å². The zero-order valence-corrected chi connectivity index (χ0v) is 11.7. The average Bonchev–Trinajstić information content (AvgIpc) is 2.45. The molecule has 2 N–H and O–H groups in total. The highest BCUT2D eigenvalue weighted by atomic mass is 16.6. The van der Waals surface area contributed by atoms with Crippen molar-refractivity contribution in [3.63, 3.8) is 0 Å². The Bertz CT molecular complexity index is 422. The molecule has 19 heavy (non-hydrogen) atoms. The predicted octanol–water partition coefficient (Wildman–Crippen LogP) is 2.05. The monoisotopic (exact) mass is 265 g/mol. The molecule has 0 radical (unpaired) electrons. The van der Waals surface area contributed by atoms with E-state index in [9.17, 15) is 5.11 Å². The van der Waals surface area contributed by atoms with Crippen molar-refractivity contribution < 1.29 is 14.6 Å². The Morgan fingerprint density at radius 3 is 2.68 bits per heavy atom. The second-order valence-corrected chi connectivity index (χ2v) is 5.09. The molecule has 0 saturated heterocycles. The molecule has 1 aliphatic heterocycles. The Hall–Kier alpha value is -1.26. The van der Waals surface area contributed by atoms with E-state index in [2.05, 4.69) is 19.2 Å². The highest BCUT2D eigenvalue weighted by Gasteiger charge is 2.27. The average molecular weight is 265 g/mol. The first-order valence-electron chi connectivity index (χ1n) is 6.95. The minimum atomic E-state index is -0.236. The molecule has 4 heteroatoms. The Morgan fingerprint density at radius 1 is 1.26 bits per heavy atom. The smallest absolute Gasteiger partial charge is 0.161 e. The lowest BCUT2D eigenvalue weighted by molar-refractivity contribution is 0.170. The van der Waals surface area contributed by atoms with Crippen molar-refractivity contribution in [3.8, 4) is 11.5 Å². The maximum absolute atomic E-state index is 9.31. The third-order valence-corrected chi connectivity index (χ3v) is 3.56. The van der Waals surface area contributed by atoms with Gasteiger partial charge >= 0.3 is 0 Å². The van der Waals surface area contributed by atoms with Crippen LogP contribution in [0.2, 0.25) is 0 Å². The number of rotatable bonds is 6. The van der Waals surface area contributed by atoms with Gasteiger partial charge in [0.1, 0.15) is 13.2 Å². The number of aliphatic hydroxyl groups excluding tert-OH is 1. The van der Waals surface area contributed by atoms with Crippen LogP contribution in [0.15, 0.2) is 18.2 Å². The van der Waals surface area contributed by atoms with E-state index in [0.717, 1.165) is 30.0 Å². The summed E-state index contributed by atoms with van der Waals surface area (Å²) < 4.78 is 11.2. The fourth-order valence-electron chi connectivity index (χ4n) is 2.35. The zero-order valence-electron chi connectivity index (χ0n) is 11.7. The van der Waals surface area contributed by atoms with Crippen LogP contribution in [0.5, 0.6) is 11.5 Å². The highest BCUT2D eigenvalue weighted by Crippen LogP contribution is 2.35. The summed E-state index contributed by atoms with van der Waals surface area (Å²) in [4.78, 5) is 0. The van der Waals surface area contributed by atoms with Crippen LogP contribution in [0.4, 0.5) is 0 Å². The van der Waals surface area contributed by atoms with Crippen LogP contribution in [0.1, 0.15) is 32.3 Å². The van der Waals surface area contributed by atoms with Crippen LogP contribution >= 0.6 is 0 Å². The van der Waals surface area contributed by atoms with Gasteiger partial charge in [0, 0.05) is 12.1 Å². The summed E-state index contributed by atoms with van der Waals surface area (Å²) >= 11 is 0. The van der Waals surface area contributed by atoms with E-state index in [1.54, 1.807) is 0 Å². The predicted molar refractivity (Wildman–Crippen MR) is 74.8 cm³/mol. The Kier molecular flexibility index (Phi) is 4.66. The molecule has 0 aliphatic carbocycles. The number of hydrogen-bond acceptors (Lipinski definition) is 4. The first-order chi connectivity index (χ1) is 9.19. The van der Waals surface area contributed by atoms with E-state index in [4.69, 9.17) is 9.47 Å². The maximum Gasteiger partial charge on any atom is 0.161 e. The van der Waals surface area contributed by atoms with Gasteiger partial charge in [-0.3, -0.25) is 0 Å². The quantitative estimate of drug-likeness (QED) is 0.826. The molecule has 1 aliphatic rings. The summed E-state index contributed by atoms with van der Waals surface area (Å²) in [5.41, 5.74) is 0.889. The zero-order chi connectivity index (χ0) is 13.7. The van der Waals surface area contributed by atoms with Crippen molar-refractivity contribution in [2.24, 2.45) is 0 Å². The SMILES string of the molecule is CCCNC(C)(CCO)c1ccc2c(c1)OCCO2. The lowest BCUT2D eigenvalue weighted by Gasteiger charge is -2.32. The Balaban J connectivity index is 2.25. The number of benzene rings is 1. The number of nitrogens with one attached hydrogen (secondary N) is 1. The molecule has 106 valence electrons. The largest absolute Gasteiger partial charge is 0.486 e. The number of aliphatic hydroxyl groups is 1. The molecule has 1 aromatic rings. The molecule has 2 rings (SSSR count). The van der Waals surface area contributed by atoms with Gasteiger partial charge in [0.2, 0.25) is 0 Å². The van der Waals surface area contributed by atoms with E-state index in [0.29, 0.717) is 19.6 Å². The van der Waals surface area contributed by atoms with Crippen LogP contribution in [0.25, 0.3) is 0 Å². The number of ether oxygens (including phenoxy) is 2. The second kappa shape index (κ2) is 6.26. The van der Waals surface area contributed by atoms with Crippen LogP contribution in [-0.4, -0.2) is 31.5 Å². The third kappa shape index (κ3) is 3.19. The van der Waals surface area contributed by atoms with Crippen molar-refractivity contribution in [2.45, 2.75) is 32.2 Å². The van der Waals surface area contributed by atoms with Gasteiger partial charge in [-0.25, -0.2) is 0 Å². The van der Waals surface area contributed by atoms with E-state index >= 15 is 0 Å². The van der Waals surface area contributed by atoms with Crippen molar-refractivity contribution >= 4 is 0 Å². The van der Waals surface area contributed by atoms with Gasteiger partial charge in [-0.1, -0.05) is 13.0 Å². The molecular weight excluding hydrogens is 242 g/mol. The molecular formula is C15H23NO3. The molecule has 0 aromatic heterocycles. The molecule has 0 saturated carbocycles. The van der Waals surface area contributed by atoms with E-state index in [1.807, 2.05) is 18.2 Å². The van der Waals surface area contributed by atoms with Crippen LogP contribution in [0, 0.1) is 0 Å². The van der Waals surface area contributed by atoms with Crippen LogP contribution < -0.4 is 14.8 Å². The summed E-state index contributed by atoms with van der Waals surface area (Å²) in [6.07, 6.45) is 1.73. The van der Waals surface area contributed by atoms with Crippen LogP contribution in [0.3, 0.4) is 0 Å². The summed E-state index contributed by atoms with van der Waals surface area (Å²) in [5.74, 6) is 1.60. The number of fused-ring (bicyclic) bond motifs is 1. The topological polar surface area (TPSA) is 50.7 Å². The van der Waals surface area contributed by atoms with Gasteiger partial charge in [-0.2, -0.15) is 0 Å². The molecule has 1 heterocycles. The molecule has 1 unspecified atom stereocenters. The molecule has 1 aromatic carbocycles. The molecule has 0 spiro atoms. The summed E-state index contributed by atoms with van der Waals surface area (Å²) in [6, 6.07) is 6.02. The highest BCUT2D eigenvalue weighted by molar-refractivity contribution is 5.45. The minimum absolute atomic E-state index is 0.154. The van der Waals surface area contributed by atoms with Crippen LogP contribution in [-0.2, 0) is 5.54 Å². The minimum Gasteiger partial charge on any atom is -0.486 e. The lowest BCUT2D eigenvalue weighted by Crippen LogP contribution is -2.41. The molecule has 0 amide bonds. The van der Waals surface area contributed by atoms with Crippen molar-refractivity contribution in [1.29, 1.82) is 0 Å². The van der Waals surface area contributed by atoms with Gasteiger partial charge in [0.25, 0.3) is 0 Å². The Morgan fingerprint density at radius 2 is 2.00 bits per heavy atom. The molecule has 1 atom stereocenters. The van der Waals surface area contributed by atoms with Crippen molar-refractivity contribution in [2.75, 3.05) is 26.4 Å². The standard InChI is InChI=1S/C15H23NO3/c1-3-7-16-15(2,6-8-17)12-4-5-13-14(11-12)19-10-9-18-13/h4-5,11,16-17H,3,6-10H2,1-2H3. The van der Waals surface area contributed by atoms with E-state index in [1.165, 1.54) is 0 Å². The van der Waals surface area contributed by atoms with E-state index < -0.39 is 0 Å². The first kappa shape index (κ1) is 14.2. The van der Waals surface area contributed by atoms with Crippen molar-refractivity contribution in [1.82, 2.24) is 5.32 Å². The maximum atomic E-state index is 9.31. The van der Waals surface area contributed by atoms with Gasteiger partial charge in [-0.05, 0) is 44.0 Å². The third-order valence-electron chi connectivity index (χ3n) is 3.56. The summed E-state index contributed by atoms with van der Waals surface area (Å²) in [7, 11) is 0. The van der Waals surface area contributed by atoms with Gasteiger partial charge in [0.15, 0.2) is 11.5 Å². The fourth-order valence-corrected chi connectivity index (χ4v) is 2.35. The van der Waals surface area contributed by atoms with Gasteiger partial charge in [0.05, 0.1) is 0 Å². The number of hydrogen-bond donors (Lipinski definition) is 2. The first-order valence-corrected chi connectivity index (χ1v) is 6.95. The second-order valence-electron chi connectivity index (χ2n) is 5.09. The lowest BCUT2D eigenvalue weighted by atomic mass is 9.88. The summed E-state index contributed by atoms with van der Waals surface area (Å²) in [5, 5.41) is 12.8. The molecule has 4 nitrogen and oxygen atoms in total. The summed E-state index contributed by atoms with van der Waals surface area (Å²) in [6.45, 7) is 6.52. The van der Waals surface area contributed by atoms with E-state index in [-0.39, 0.29) is 12.1 Å². The van der Waals surface area contributed by atoms with Gasteiger partial charge < -0.3 is 19.9 Å². The van der Waals surface area contributed by atoms with Gasteiger partial charge in [-0.15, -0.1) is 0 Å². The molecule has 0 bridgehead atoms. The normalized spacial score (nSPS) is 17.0. The molecule has 0 fully saturated rings.